The highest BCUT2D eigenvalue weighted by molar-refractivity contribution is 5.83. The van der Waals surface area contributed by atoms with E-state index >= 15 is 0 Å². The summed E-state index contributed by atoms with van der Waals surface area (Å²) in [6.45, 7) is 0. The number of hydrogen-bond acceptors (Lipinski definition) is 0. The van der Waals surface area contributed by atoms with Gasteiger partial charge in [0.1, 0.15) is 0 Å². The molecule has 1 fully saturated rings. The molecule has 0 saturated heterocycles. The molecule has 0 unspecified atom stereocenters. The Balaban J connectivity index is 2.14. The minimum Gasteiger partial charge on any atom is -0.361 e. The van der Waals surface area contributed by atoms with E-state index in [0.717, 1.165) is 5.92 Å². The summed E-state index contributed by atoms with van der Waals surface area (Å²) in [5.41, 5.74) is 2.84. The smallest absolute Gasteiger partial charge is 0.0456 e. The van der Waals surface area contributed by atoms with Gasteiger partial charge in [0.25, 0.3) is 0 Å². The second-order valence-corrected chi connectivity index (χ2v) is 4.27. The lowest BCUT2D eigenvalue weighted by atomic mass is 9.95. The molecular formula is C13H15N. The zero-order chi connectivity index (χ0) is 9.38. The number of nitrogens with one attached hydrogen (secondary N) is 1. The van der Waals surface area contributed by atoms with Crippen LogP contribution >= 0.6 is 0 Å². The van der Waals surface area contributed by atoms with Crippen molar-refractivity contribution < 1.29 is 0 Å². The van der Waals surface area contributed by atoms with Crippen molar-refractivity contribution in [1.82, 2.24) is 4.98 Å². The molecule has 1 aliphatic rings. The first-order chi connectivity index (χ1) is 6.95. The molecule has 2 aromatic rings. The van der Waals surface area contributed by atoms with Gasteiger partial charge in [-0.1, -0.05) is 25.0 Å². The summed E-state index contributed by atoms with van der Waals surface area (Å²) in [5, 5.41) is 1.43. The maximum atomic E-state index is 3.28. The molecule has 0 amide bonds. The zero-order valence-electron chi connectivity index (χ0n) is 8.29. The highest BCUT2D eigenvalue weighted by Crippen LogP contribution is 2.37. The predicted octanol–water partition coefficient (Wildman–Crippen LogP) is 3.83. The van der Waals surface area contributed by atoms with Gasteiger partial charge in [-0.25, -0.2) is 0 Å². The first-order valence-corrected chi connectivity index (χ1v) is 5.51. The van der Waals surface area contributed by atoms with Crippen LogP contribution in [-0.4, -0.2) is 4.98 Å². The Kier molecular flexibility index (Phi) is 1.83. The summed E-state index contributed by atoms with van der Waals surface area (Å²) in [5.74, 6) is 0.814. The van der Waals surface area contributed by atoms with Crippen molar-refractivity contribution >= 4 is 10.9 Å². The van der Waals surface area contributed by atoms with Crippen LogP contribution in [0.1, 0.15) is 37.2 Å². The molecule has 1 saturated carbocycles. The monoisotopic (exact) mass is 185 g/mol. The summed E-state index contributed by atoms with van der Waals surface area (Å²) in [4.78, 5) is 3.28. The number of aromatic amines is 1. The number of H-pyrrole nitrogens is 1. The SMILES string of the molecule is c1cc(C2CCCC2)c2cc[nH]c2c1. The third-order valence-electron chi connectivity index (χ3n) is 3.42. The quantitative estimate of drug-likeness (QED) is 0.695. The first-order valence-electron chi connectivity index (χ1n) is 5.51. The van der Waals surface area contributed by atoms with Crippen LogP contribution in [-0.2, 0) is 0 Å². The normalized spacial score (nSPS) is 18.0. The van der Waals surface area contributed by atoms with Crippen LogP contribution in [0.3, 0.4) is 0 Å². The van der Waals surface area contributed by atoms with E-state index in [1.54, 1.807) is 5.56 Å². The van der Waals surface area contributed by atoms with Gasteiger partial charge < -0.3 is 4.98 Å². The van der Waals surface area contributed by atoms with E-state index < -0.39 is 0 Å². The average molecular weight is 185 g/mol. The van der Waals surface area contributed by atoms with E-state index in [-0.39, 0.29) is 0 Å². The van der Waals surface area contributed by atoms with Crippen LogP contribution < -0.4 is 0 Å². The van der Waals surface area contributed by atoms with E-state index in [4.69, 9.17) is 0 Å². The van der Waals surface area contributed by atoms with Crippen molar-refractivity contribution in [2.24, 2.45) is 0 Å². The number of fused-ring (bicyclic) bond motifs is 1. The van der Waals surface area contributed by atoms with Gasteiger partial charge >= 0.3 is 0 Å². The molecule has 14 heavy (non-hydrogen) atoms. The van der Waals surface area contributed by atoms with Gasteiger partial charge in [-0.3, -0.25) is 0 Å². The minimum atomic E-state index is 0.814. The Morgan fingerprint density at radius 3 is 2.79 bits per heavy atom. The molecular weight excluding hydrogens is 170 g/mol. The fourth-order valence-electron chi connectivity index (χ4n) is 2.70. The van der Waals surface area contributed by atoms with Crippen molar-refractivity contribution in [2.75, 3.05) is 0 Å². The molecule has 1 N–H and O–H groups in total. The van der Waals surface area contributed by atoms with E-state index in [0.29, 0.717) is 0 Å². The number of benzene rings is 1. The third kappa shape index (κ3) is 1.16. The molecule has 1 aromatic heterocycles. The van der Waals surface area contributed by atoms with Gasteiger partial charge in [0.05, 0.1) is 0 Å². The van der Waals surface area contributed by atoms with Crippen LogP contribution in [0.25, 0.3) is 10.9 Å². The molecule has 0 bridgehead atoms. The molecule has 1 nitrogen and oxygen atoms in total. The molecule has 1 aromatic carbocycles. The van der Waals surface area contributed by atoms with Gasteiger partial charge in [0, 0.05) is 17.1 Å². The Hall–Kier alpha value is -1.24. The highest BCUT2D eigenvalue weighted by Gasteiger charge is 2.18. The van der Waals surface area contributed by atoms with Crippen LogP contribution in [0, 0.1) is 0 Å². The van der Waals surface area contributed by atoms with Crippen LogP contribution in [0.15, 0.2) is 30.5 Å². The maximum Gasteiger partial charge on any atom is 0.0456 e. The highest BCUT2D eigenvalue weighted by atomic mass is 14.7. The van der Waals surface area contributed by atoms with Crippen molar-refractivity contribution in [3.63, 3.8) is 0 Å². The molecule has 1 heteroatoms. The standard InChI is InChI=1S/C13H15N/c1-2-5-10(4-1)11-6-3-7-13-12(11)8-9-14-13/h3,6-10,14H,1-2,4-5H2. The van der Waals surface area contributed by atoms with Crippen LogP contribution in [0.5, 0.6) is 0 Å². The summed E-state index contributed by atoms with van der Waals surface area (Å²) in [6.07, 6.45) is 7.62. The topological polar surface area (TPSA) is 15.8 Å². The number of aromatic nitrogens is 1. The second-order valence-electron chi connectivity index (χ2n) is 4.27. The molecule has 0 spiro atoms. The molecule has 3 rings (SSSR count). The van der Waals surface area contributed by atoms with Crippen LogP contribution in [0.2, 0.25) is 0 Å². The van der Waals surface area contributed by atoms with Crippen LogP contribution in [0.4, 0.5) is 0 Å². The lowest BCUT2D eigenvalue weighted by Gasteiger charge is -2.10. The average Bonchev–Trinajstić information content (AvgIpc) is 2.88. The third-order valence-corrected chi connectivity index (χ3v) is 3.42. The van der Waals surface area contributed by atoms with Gasteiger partial charge in [-0.2, -0.15) is 0 Å². The van der Waals surface area contributed by atoms with Gasteiger partial charge in [-0.05, 0) is 36.5 Å². The largest absolute Gasteiger partial charge is 0.361 e. The van der Waals surface area contributed by atoms with E-state index in [9.17, 15) is 0 Å². The molecule has 1 aliphatic carbocycles. The summed E-state index contributed by atoms with van der Waals surface area (Å²) >= 11 is 0. The lowest BCUT2D eigenvalue weighted by Crippen LogP contribution is -1.92. The zero-order valence-corrected chi connectivity index (χ0v) is 8.29. The fraction of sp³-hybridized carbons (Fsp3) is 0.385. The summed E-state index contributed by atoms with van der Waals surface area (Å²) in [7, 11) is 0. The van der Waals surface area contributed by atoms with Gasteiger partial charge in [0.2, 0.25) is 0 Å². The van der Waals surface area contributed by atoms with Crippen molar-refractivity contribution in [3.8, 4) is 0 Å². The molecule has 1 heterocycles. The molecule has 72 valence electrons. The number of rotatable bonds is 1. The van der Waals surface area contributed by atoms with Crippen molar-refractivity contribution in [1.29, 1.82) is 0 Å². The van der Waals surface area contributed by atoms with Gasteiger partial charge in [0.15, 0.2) is 0 Å². The van der Waals surface area contributed by atoms with Gasteiger partial charge in [-0.15, -0.1) is 0 Å². The van der Waals surface area contributed by atoms with Crippen molar-refractivity contribution in [2.45, 2.75) is 31.6 Å². The van der Waals surface area contributed by atoms with Crippen molar-refractivity contribution in [3.05, 3.63) is 36.0 Å². The first kappa shape index (κ1) is 8.10. The Morgan fingerprint density at radius 2 is 1.93 bits per heavy atom. The summed E-state index contributed by atoms with van der Waals surface area (Å²) < 4.78 is 0. The maximum absolute atomic E-state index is 3.28. The molecule has 0 radical (unpaired) electrons. The number of hydrogen-bond donors (Lipinski definition) is 1. The molecule has 0 atom stereocenters. The second kappa shape index (κ2) is 3.16. The Morgan fingerprint density at radius 1 is 1.07 bits per heavy atom. The van der Waals surface area contributed by atoms with E-state index in [2.05, 4.69) is 29.2 Å². The van der Waals surface area contributed by atoms with E-state index in [1.165, 1.54) is 36.6 Å². The minimum absolute atomic E-state index is 0.814. The lowest BCUT2D eigenvalue weighted by molar-refractivity contribution is 0.729. The molecule has 0 aliphatic heterocycles. The van der Waals surface area contributed by atoms with E-state index in [1.807, 2.05) is 6.20 Å². The Labute approximate surface area is 84.1 Å². The predicted molar refractivity (Wildman–Crippen MR) is 59.5 cm³/mol. The Bertz CT molecular complexity index is 435. The fourth-order valence-corrected chi connectivity index (χ4v) is 2.70. The summed E-state index contributed by atoms with van der Waals surface area (Å²) in [6, 6.07) is 8.84.